The van der Waals surface area contributed by atoms with Crippen molar-refractivity contribution in [2.24, 2.45) is 0 Å². The maximum Gasteiger partial charge on any atom is 0.223 e. The molecule has 1 aliphatic heterocycles. The summed E-state index contributed by atoms with van der Waals surface area (Å²) in [7, 11) is 0. The van der Waals surface area contributed by atoms with Crippen LogP contribution in [0.15, 0.2) is 24.3 Å². The molecule has 0 radical (unpaired) electrons. The van der Waals surface area contributed by atoms with E-state index in [1.807, 2.05) is 0 Å². The van der Waals surface area contributed by atoms with E-state index in [4.69, 9.17) is 4.74 Å². The molecule has 2 N–H and O–H groups in total. The molecule has 0 bridgehead atoms. The minimum atomic E-state index is -1.45. The van der Waals surface area contributed by atoms with Crippen molar-refractivity contribution in [3.05, 3.63) is 35.6 Å². The van der Waals surface area contributed by atoms with Crippen LogP contribution in [0.4, 0.5) is 4.39 Å². The van der Waals surface area contributed by atoms with E-state index in [1.54, 1.807) is 18.2 Å². The van der Waals surface area contributed by atoms with Gasteiger partial charge in [0.15, 0.2) is 0 Å². The van der Waals surface area contributed by atoms with Crippen LogP contribution < -0.4 is 5.32 Å². The Bertz CT molecular complexity index is 677. The van der Waals surface area contributed by atoms with Crippen LogP contribution in [0, 0.1) is 5.82 Å². The SMILES string of the molecule is CC(=O)N1CCOC[C@](O)(CC(=O)NC2(c3ccccc3F)CC2)C1. The molecule has 1 aromatic rings. The van der Waals surface area contributed by atoms with E-state index >= 15 is 0 Å². The summed E-state index contributed by atoms with van der Waals surface area (Å²) in [5.74, 6) is -0.897. The Morgan fingerprint density at radius 2 is 2.08 bits per heavy atom. The van der Waals surface area contributed by atoms with Crippen molar-refractivity contribution in [2.75, 3.05) is 26.3 Å². The average molecular weight is 350 g/mol. The van der Waals surface area contributed by atoms with Gasteiger partial charge in [0.05, 0.1) is 31.7 Å². The van der Waals surface area contributed by atoms with Gasteiger partial charge in [-0.15, -0.1) is 0 Å². The highest BCUT2D eigenvalue weighted by Gasteiger charge is 2.48. The third-order valence-corrected chi connectivity index (χ3v) is 4.81. The van der Waals surface area contributed by atoms with E-state index in [9.17, 15) is 19.1 Å². The molecule has 0 unspecified atom stereocenters. The number of amides is 2. The molecule has 0 spiro atoms. The van der Waals surface area contributed by atoms with E-state index in [-0.39, 0.29) is 37.2 Å². The number of halogens is 1. The van der Waals surface area contributed by atoms with Crippen LogP contribution in [0.2, 0.25) is 0 Å². The van der Waals surface area contributed by atoms with Gasteiger partial charge in [-0.1, -0.05) is 18.2 Å². The van der Waals surface area contributed by atoms with Crippen molar-refractivity contribution in [3.63, 3.8) is 0 Å². The van der Waals surface area contributed by atoms with E-state index in [2.05, 4.69) is 5.32 Å². The number of nitrogens with one attached hydrogen (secondary N) is 1. The van der Waals surface area contributed by atoms with Crippen molar-refractivity contribution in [1.29, 1.82) is 0 Å². The van der Waals surface area contributed by atoms with E-state index in [0.29, 0.717) is 31.6 Å². The van der Waals surface area contributed by atoms with Crippen molar-refractivity contribution in [2.45, 2.75) is 37.3 Å². The summed E-state index contributed by atoms with van der Waals surface area (Å²) in [6.07, 6.45) is 1.12. The summed E-state index contributed by atoms with van der Waals surface area (Å²) in [5, 5.41) is 13.6. The molecular weight excluding hydrogens is 327 g/mol. The molecule has 2 aliphatic rings. The summed E-state index contributed by atoms with van der Waals surface area (Å²) in [6, 6.07) is 6.39. The van der Waals surface area contributed by atoms with Gasteiger partial charge in [0.2, 0.25) is 11.8 Å². The molecule has 1 atom stereocenters. The number of benzene rings is 1. The summed E-state index contributed by atoms with van der Waals surface area (Å²) < 4.78 is 19.4. The lowest BCUT2D eigenvalue weighted by Gasteiger charge is -2.30. The minimum absolute atomic E-state index is 0.0170. The number of rotatable bonds is 4. The molecule has 2 amide bonds. The first-order valence-corrected chi connectivity index (χ1v) is 8.45. The van der Waals surface area contributed by atoms with Crippen LogP contribution in [0.25, 0.3) is 0 Å². The Morgan fingerprint density at radius 1 is 1.36 bits per heavy atom. The zero-order valence-corrected chi connectivity index (χ0v) is 14.3. The van der Waals surface area contributed by atoms with Gasteiger partial charge in [0, 0.05) is 19.0 Å². The predicted octanol–water partition coefficient (Wildman–Crippen LogP) is 0.931. The first-order chi connectivity index (χ1) is 11.8. The number of carbonyl (C=O) groups is 2. The monoisotopic (exact) mass is 350 g/mol. The zero-order chi connectivity index (χ0) is 18.1. The predicted molar refractivity (Wildman–Crippen MR) is 88.1 cm³/mol. The highest BCUT2D eigenvalue weighted by molar-refractivity contribution is 5.79. The maximum absolute atomic E-state index is 14.0. The van der Waals surface area contributed by atoms with E-state index < -0.39 is 11.1 Å². The normalized spacial score (nSPS) is 25.2. The molecular formula is C18H23FN2O4. The standard InChI is InChI=1S/C18H23FN2O4/c1-13(22)21-8-9-25-12-17(24,11-21)10-16(23)20-18(6-7-18)14-4-2-3-5-15(14)19/h2-5,24H,6-12H2,1H3,(H,20,23)/t17-/m0/s1. The first kappa shape index (κ1) is 17.8. The van der Waals surface area contributed by atoms with Gasteiger partial charge in [-0.3, -0.25) is 9.59 Å². The third kappa shape index (κ3) is 3.99. The molecule has 1 saturated heterocycles. The van der Waals surface area contributed by atoms with Crippen LogP contribution in [0.3, 0.4) is 0 Å². The molecule has 136 valence electrons. The molecule has 0 aromatic heterocycles. The van der Waals surface area contributed by atoms with Gasteiger partial charge in [-0.2, -0.15) is 0 Å². The number of hydrogen-bond donors (Lipinski definition) is 2. The van der Waals surface area contributed by atoms with Crippen molar-refractivity contribution in [1.82, 2.24) is 10.2 Å². The summed E-state index contributed by atoms with van der Waals surface area (Å²) >= 11 is 0. The Hall–Kier alpha value is -1.99. The van der Waals surface area contributed by atoms with Gasteiger partial charge in [-0.05, 0) is 18.9 Å². The molecule has 1 saturated carbocycles. The average Bonchev–Trinajstić information content (AvgIpc) is 3.32. The number of β-amino-alcohol motifs (C(OH)–C–C–N with tert-alkyl or cyclic N) is 1. The van der Waals surface area contributed by atoms with E-state index in [1.165, 1.54) is 17.9 Å². The second-order valence-electron chi connectivity index (χ2n) is 7.00. The summed E-state index contributed by atoms with van der Waals surface area (Å²) in [6.45, 7) is 2.16. The number of aliphatic hydroxyl groups is 1. The van der Waals surface area contributed by atoms with Crippen LogP contribution in [0.5, 0.6) is 0 Å². The fraction of sp³-hybridized carbons (Fsp3) is 0.556. The minimum Gasteiger partial charge on any atom is -0.385 e. The second kappa shape index (κ2) is 6.72. The van der Waals surface area contributed by atoms with Crippen LogP contribution in [-0.4, -0.2) is 53.7 Å². The van der Waals surface area contributed by atoms with Crippen molar-refractivity contribution < 1.29 is 23.8 Å². The van der Waals surface area contributed by atoms with Crippen molar-refractivity contribution >= 4 is 11.8 Å². The molecule has 6 nitrogen and oxygen atoms in total. The lowest BCUT2D eigenvalue weighted by Crippen LogP contribution is -2.50. The van der Waals surface area contributed by atoms with E-state index in [0.717, 1.165) is 0 Å². The molecule has 1 aromatic carbocycles. The molecule has 25 heavy (non-hydrogen) atoms. The van der Waals surface area contributed by atoms with Gasteiger partial charge in [0.1, 0.15) is 11.4 Å². The Balaban J connectivity index is 1.67. The highest BCUT2D eigenvalue weighted by Crippen LogP contribution is 2.46. The Kier molecular flexibility index (Phi) is 4.79. The van der Waals surface area contributed by atoms with Crippen molar-refractivity contribution in [3.8, 4) is 0 Å². The lowest BCUT2D eigenvalue weighted by atomic mass is 9.98. The first-order valence-electron chi connectivity index (χ1n) is 8.45. The summed E-state index contributed by atoms with van der Waals surface area (Å²) in [4.78, 5) is 25.6. The second-order valence-corrected chi connectivity index (χ2v) is 7.00. The topological polar surface area (TPSA) is 78.9 Å². The molecule has 1 aliphatic carbocycles. The Morgan fingerprint density at radius 3 is 2.72 bits per heavy atom. The van der Waals surface area contributed by atoms with Gasteiger partial charge in [0.25, 0.3) is 0 Å². The van der Waals surface area contributed by atoms with Crippen LogP contribution in [-0.2, 0) is 19.9 Å². The number of ether oxygens (including phenoxy) is 1. The quantitative estimate of drug-likeness (QED) is 0.847. The fourth-order valence-electron chi connectivity index (χ4n) is 3.34. The third-order valence-electron chi connectivity index (χ3n) is 4.81. The largest absolute Gasteiger partial charge is 0.385 e. The molecule has 7 heteroatoms. The lowest BCUT2D eigenvalue weighted by molar-refractivity contribution is -0.136. The van der Waals surface area contributed by atoms with Gasteiger partial charge >= 0.3 is 0 Å². The summed E-state index contributed by atoms with van der Waals surface area (Å²) in [5.41, 5.74) is -1.67. The molecule has 3 rings (SSSR count). The Labute approximate surface area is 146 Å². The highest BCUT2D eigenvalue weighted by atomic mass is 19.1. The van der Waals surface area contributed by atoms with Crippen LogP contribution in [0.1, 0.15) is 31.7 Å². The number of nitrogens with zero attached hydrogens (tertiary/aromatic N) is 1. The van der Waals surface area contributed by atoms with Crippen LogP contribution >= 0.6 is 0 Å². The number of hydrogen-bond acceptors (Lipinski definition) is 4. The molecule has 2 fully saturated rings. The maximum atomic E-state index is 14.0. The smallest absolute Gasteiger partial charge is 0.223 e. The zero-order valence-electron chi connectivity index (χ0n) is 14.3. The van der Waals surface area contributed by atoms with Gasteiger partial charge in [-0.25, -0.2) is 4.39 Å². The number of carbonyl (C=O) groups excluding carboxylic acids is 2. The van der Waals surface area contributed by atoms with Gasteiger partial charge < -0.3 is 20.1 Å². The fourth-order valence-corrected chi connectivity index (χ4v) is 3.34. The molecule has 1 heterocycles.